The van der Waals surface area contributed by atoms with Crippen molar-refractivity contribution in [2.24, 2.45) is 11.7 Å². The number of nitrogens with two attached hydrogens (primary N) is 1. The normalized spacial score (nSPS) is 13.3. The fourth-order valence-electron chi connectivity index (χ4n) is 1.30. The van der Waals surface area contributed by atoms with Crippen molar-refractivity contribution in [3.63, 3.8) is 0 Å². The predicted octanol–water partition coefficient (Wildman–Crippen LogP) is 1.34. The highest BCUT2D eigenvalue weighted by Gasteiger charge is 2.12. The minimum absolute atomic E-state index is 0.00292. The minimum atomic E-state index is -0.0720. The van der Waals surface area contributed by atoms with Gasteiger partial charge in [-0.25, -0.2) is 0 Å². The fourth-order valence-corrected chi connectivity index (χ4v) is 1.30. The molecule has 0 amide bonds. The lowest BCUT2D eigenvalue weighted by Crippen LogP contribution is -2.20. The number of aromatic nitrogens is 1. The van der Waals surface area contributed by atoms with Gasteiger partial charge in [0.15, 0.2) is 0 Å². The average molecular weight is 180 g/mol. The molecule has 1 atom stereocenters. The van der Waals surface area contributed by atoms with Gasteiger partial charge in [0.05, 0.1) is 0 Å². The Morgan fingerprint density at radius 3 is 2.54 bits per heavy atom. The summed E-state index contributed by atoms with van der Waals surface area (Å²) in [6.07, 6.45) is 1.71. The van der Waals surface area contributed by atoms with Crippen molar-refractivity contribution in [2.75, 3.05) is 0 Å². The standard InChI is InChI=1S/C10H16N2O/c1-6(2)10(11)8-5-12-9(13)4-7(8)3/h4-6,10H,11H2,1-3H3,(H,12,13). The van der Waals surface area contributed by atoms with E-state index in [9.17, 15) is 4.79 Å². The second kappa shape index (κ2) is 3.75. The van der Waals surface area contributed by atoms with E-state index in [-0.39, 0.29) is 11.6 Å². The van der Waals surface area contributed by atoms with E-state index in [0.29, 0.717) is 5.92 Å². The van der Waals surface area contributed by atoms with Crippen LogP contribution in [0.25, 0.3) is 0 Å². The molecule has 1 heterocycles. The molecule has 0 radical (unpaired) electrons. The van der Waals surface area contributed by atoms with Crippen LogP contribution in [0.5, 0.6) is 0 Å². The van der Waals surface area contributed by atoms with E-state index in [4.69, 9.17) is 5.73 Å². The first-order chi connectivity index (χ1) is 6.02. The molecule has 0 aliphatic rings. The van der Waals surface area contributed by atoms with Gasteiger partial charge in [0, 0.05) is 18.3 Å². The summed E-state index contributed by atoms with van der Waals surface area (Å²) in [7, 11) is 0. The van der Waals surface area contributed by atoms with Gasteiger partial charge >= 0.3 is 0 Å². The first-order valence-corrected chi connectivity index (χ1v) is 4.47. The highest BCUT2D eigenvalue weighted by molar-refractivity contribution is 5.25. The molecule has 0 aliphatic heterocycles. The lowest BCUT2D eigenvalue weighted by atomic mass is 9.95. The van der Waals surface area contributed by atoms with Crippen LogP contribution in [0.15, 0.2) is 17.1 Å². The average Bonchev–Trinajstić information content (AvgIpc) is 2.03. The van der Waals surface area contributed by atoms with Crippen molar-refractivity contribution in [1.29, 1.82) is 0 Å². The van der Waals surface area contributed by atoms with Gasteiger partial charge in [-0.15, -0.1) is 0 Å². The van der Waals surface area contributed by atoms with Gasteiger partial charge < -0.3 is 10.7 Å². The van der Waals surface area contributed by atoms with Crippen LogP contribution in [0, 0.1) is 12.8 Å². The van der Waals surface area contributed by atoms with Gasteiger partial charge in [0.2, 0.25) is 5.56 Å². The third-order valence-electron chi connectivity index (χ3n) is 2.25. The van der Waals surface area contributed by atoms with Crippen LogP contribution in [0.2, 0.25) is 0 Å². The maximum Gasteiger partial charge on any atom is 0.248 e. The Balaban J connectivity index is 3.08. The van der Waals surface area contributed by atoms with Crippen LogP contribution in [0.3, 0.4) is 0 Å². The first-order valence-electron chi connectivity index (χ1n) is 4.47. The van der Waals surface area contributed by atoms with Crippen molar-refractivity contribution in [3.05, 3.63) is 33.7 Å². The van der Waals surface area contributed by atoms with Crippen LogP contribution in [0.4, 0.5) is 0 Å². The maximum atomic E-state index is 10.9. The summed E-state index contributed by atoms with van der Waals surface area (Å²) in [5.74, 6) is 0.379. The lowest BCUT2D eigenvalue weighted by Gasteiger charge is -2.17. The Hall–Kier alpha value is -1.09. The molecule has 0 saturated heterocycles. The van der Waals surface area contributed by atoms with Gasteiger partial charge in [0.25, 0.3) is 0 Å². The number of aromatic amines is 1. The summed E-state index contributed by atoms with van der Waals surface area (Å²) in [5, 5.41) is 0. The van der Waals surface area contributed by atoms with Crippen molar-refractivity contribution in [3.8, 4) is 0 Å². The first kappa shape index (κ1) is 9.99. The smallest absolute Gasteiger partial charge is 0.248 e. The van der Waals surface area contributed by atoms with E-state index in [1.807, 2.05) is 6.92 Å². The molecule has 0 bridgehead atoms. The number of hydrogen-bond acceptors (Lipinski definition) is 2. The zero-order valence-corrected chi connectivity index (χ0v) is 8.29. The molecule has 3 heteroatoms. The molecule has 72 valence electrons. The molecule has 1 aromatic heterocycles. The number of H-pyrrole nitrogens is 1. The summed E-state index contributed by atoms with van der Waals surface area (Å²) >= 11 is 0. The monoisotopic (exact) mass is 180 g/mol. The van der Waals surface area contributed by atoms with Crippen molar-refractivity contribution >= 4 is 0 Å². The number of nitrogens with one attached hydrogen (secondary N) is 1. The van der Waals surface area contributed by atoms with E-state index in [1.165, 1.54) is 0 Å². The quantitative estimate of drug-likeness (QED) is 0.721. The second-order valence-electron chi connectivity index (χ2n) is 3.71. The summed E-state index contributed by atoms with van der Waals surface area (Å²) in [6.45, 7) is 6.04. The largest absolute Gasteiger partial charge is 0.329 e. The minimum Gasteiger partial charge on any atom is -0.329 e. The van der Waals surface area contributed by atoms with Gasteiger partial charge in [0.1, 0.15) is 0 Å². The molecular weight excluding hydrogens is 164 g/mol. The van der Waals surface area contributed by atoms with Crippen molar-refractivity contribution in [1.82, 2.24) is 4.98 Å². The predicted molar refractivity (Wildman–Crippen MR) is 53.6 cm³/mol. The Bertz CT molecular complexity index is 341. The van der Waals surface area contributed by atoms with Crippen LogP contribution >= 0.6 is 0 Å². The molecular formula is C10H16N2O. The number of rotatable bonds is 2. The number of hydrogen-bond donors (Lipinski definition) is 2. The molecule has 1 aromatic rings. The third kappa shape index (κ3) is 2.18. The molecule has 3 nitrogen and oxygen atoms in total. The summed E-state index contributed by atoms with van der Waals surface area (Å²) in [5.41, 5.74) is 7.88. The Morgan fingerprint density at radius 2 is 2.08 bits per heavy atom. The van der Waals surface area contributed by atoms with Crippen LogP contribution in [0.1, 0.15) is 31.0 Å². The van der Waals surface area contributed by atoms with Crippen LogP contribution in [-0.2, 0) is 0 Å². The Kier molecular flexibility index (Phi) is 2.88. The number of aryl methyl sites for hydroxylation is 1. The molecule has 0 saturated carbocycles. The van der Waals surface area contributed by atoms with Crippen LogP contribution < -0.4 is 11.3 Å². The van der Waals surface area contributed by atoms with E-state index < -0.39 is 0 Å². The molecule has 0 fully saturated rings. The highest BCUT2D eigenvalue weighted by atomic mass is 16.1. The maximum absolute atomic E-state index is 10.9. The van der Waals surface area contributed by atoms with Gasteiger partial charge in [-0.05, 0) is 24.0 Å². The molecule has 0 aromatic carbocycles. The van der Waals surface area contributed by atoms with Gasteiger partial charge in [-0.1, -0.05) is 13.8 Å². The topological polar surface area (TPSA) is 58.9 Å². The summed E-state index contributed by atoms with van der Waals surface area (Å²) in [4.78, 5) is 13.6. The van der Waals surface area contributed by atoms with Crippen molar-refractivity contribution in [2.45, 2.75) is 26.8 Å². The second-order valence-corrected chi connectivity index (χ2v) is 3.71. The molecule has 13 heavy (non-hydrogen) atoms. The van der Waals surface area contributed by atoms with Gasteiger partial charge in [-0.3, -0.25) is 4.79 Å². The molecule has 3 N–H and O–H groups in total. The SMILES string of the molecule is Cc1cc(=O)[nH]cc1C(N)C(C)C. The summed E-state index contributed by atoms with van der Waals surface area (Å²) < 4.78 is 0. The Labute approximate surface area is 78.0 Å². The zero-order valence-electron chi connectivity index (χ0n) is 8.29. The van der Waals surface area contributed by atoms with Gasteiger partial charge in [-0.2, -0.15) is 0 Å². The third-order valence-corrected chi connectivity index (χ3v) is 2.25. The van der Waals surface area contributed by atoms with E-state index in [0.717, 1.165) is 11.1 Å². The van der Waals surface area contributed by atoms with Crippen molar-refractivity contribution < 1.29 is 0 Å². The summed E-state index contributed by atoms with van der Waals surface area (Å²) in [6, 6.07) is 1.58. The molecule has 0 aliphatic carbocycles. The number of pyridine rings is 1. The van der Waals surface area contributed by atoms with E-state index in [2.05, 4.69) is 18.8 Å². The Morgan fingerprint density at radius 1 is 1.46 bits per heavy atom. The highest BCUT2D eigenvalue weighted by Crippen LogP contribution is 2.19. The van der Waals surface area contributed by atoms with E-state index in [1.54, 1.807) is 12.3 Å². The fraction of sp³-hybridized carbons (Fsp3) is 0.500. The lowest BCUT2D eigenvalue weighted by molar-refractivity contribution is 0.510. The zero-order chi connectivity index (χ0) is 10.0. The van der Waals surface area contributed by atoms with Crippen LogP contribution in [-0.4, -0.2) is 4.98 Å². The molecule has 0 spiro atoms. The molecule has 1 unspecified atom stereocenters. The van der Waals surface area contributed by atoms with E-state index >= 15 is 0 Å². The molecule has 1 rings (SSSR count).